The van der Waals surface area contributed by atoms with Gasteiger partial charge in [0.1, 0.15) is 12.4 Å². The van der Waals surface area contributed by atoms with E-state index < -0.39 is 0 Å². The first-order chi connectivity index (χ1) is 10.3. The summed E-state index contributed by atoms with van der Waals surface area (Å²) in [6, 6.07) is 8.05. The van der Waals surface area contributed by atoms with Crippen molar-refractivity contribution in [2.75, 3.05) is 13.7 Å². The third kappa shape index (κ3) is 3.50. The number of carbonyl (C=O) groups excluding carboxylic acids is 1. The first-order valence-electron chi connectivity index (χ1n) is 7.50. The molecule has 4 heteroatoms. The topological polar surface area (TPSA) is 47.6 Å². The number of hydrogen-bond donors (Lipinski definition) is 1. The molecular weight excluding hydrogens is 278 g/mol. The zero-order chi connectivity index (χ0) is 16.4. The lowest BCUT2D eigenvalue weighted by Gasteiger charge is -2.45. The molecule has 0 aliphatic carbocycles. The molecule has 0 spiro atoms. The minimum atomic E-state index is -0.236. The molecule has 0 fully saturated rings. The summed E-state index contributed by atoms with van der Waals surface area (Å²) in [5.41, 5.74) is 3.24. The van der Waals surface area contributed by atoms with E-state index in [0.717, 1.165) is 23.3 Å². The molecule has 0 aromatic heterocycles. The summed E-state index contributed by atoms with van der Waals surface area (Å²) < 4.78 is 10.3. The second-order valence-electron chi connectivity index (χ2n) is 6.90. The SMILES string of the molecule is COc1ccc(C2=C(COC=O)C(C)(C)NC(C)(C)C2)cc1. The van der Waals surface area contributed by atoms with Crippen molar-refractivity contribution in [2.24, 2.45) is 0 Å². The molecule has 0 saturated heterocycles. The highest BCUT2D eigenvalue weighted by molar-refractivity contribution is 5.73. The molecule has 1 aromatic rings. The predicted molar refractivity (Wildman–Crippen MR) is 87.8 cm³/mol. The molecule has 1 heterocycles. The maximum atomic E-state index is 10.6. The Balaban J connectivity index is 2.50. The first-order valence-corrected chi connectivity index (χ1v) is 7.50. The predicted octanol–water partition coefficient (Wildman–Crippen LogP) is 3.17. The molecule has 0 atom stereocenters. The summed E-state index contributed by atoms with van der Waals surface area (Å²) in [5, 5.41) is 3.63. The monoisotopic (exact) mass is 303 g/mol. The van der Waals surface area contributed by atoms with Crippen LogP contribution in [-0.4, -0.2) is 31.3 Å². The number of ether oxygens (including phenoxy) is 2. The van der Waals surface area contributed by atoms with Gasteiger partial charge < -0.3 is 14.8 Å². The minimum absolute atomic E-state index is 0.0244. The Hall–Kier alpha value is -1.81. The molecule has 0 unspecified atom stereocenters. The molecule has 1 N–H and O–H groups in total. The van der Waals surface area contributed by atoms with Gasteiger partial charge in [0.15, 0.2) is 0 Å². The molecule has 0 bridgehead atoms. The summed E-state index contributed by atoms with van der Waals surface area (Å²) in [6.07, 6.45) is 0.875. The van der Waals surface area contributed by atoms with Crippen LogP contribution in [0, 0.1) is 0 Å². The zero-order valence-corrected chi connectivity index (χ0v) is 14.0. The molecule has 1 aliphatic heterocycles. The molecule has 0 radical (unpaired) electrons. The Labute approximate surface area is 132 Å². The van der Waals surface area contributed by atoms with E-state index in [1.54, 1.807) is 7.11 Å². The van der Waals surface area contributed by atoms with E-state index in [1.165, 1.54) is 5.57 Å². The average molecular weight is 303 g/mol. The van der Waals surface area contributed by atoms with E-state index >= 15 is 0 Å². The Kier molecular flexibility index (Phi) is 4.61. The van der Waals surface area contributed by atoms with E-state index in [4.69, 9.17) is 9.47 Å². The van der Waals surface area contributed by atoms with Crippen molar-refractivity contribution in [1.82, 2.24) is 5.32 Å². The standard InChI is InChI=1S/C18H25NO3/c1-17(2)10-15(13-6-8-14(21-5)9-7-13)16(11-22-12-20)18(3,4)19-17/h6-9,12,19H,10-11H2,1-5H3. The molecule has 4 nitrogen and oxygen atoms in total. The average Bonchev–Trinajstić information content (AvgIpc) is 2.44. The number of benzene rings is 1. The summed E-state index contributed by atoms with van der Waals surface area (Å²) in [4.78, 5) is 10.6. The lowest BCUT2D eigenvalue weighted by Crippen LogP contribution is -2.57. The van der Waals surface area contributed by atoms with Crippen LogP contribution in [0.15, 0.2) is 29.8 Å². The van der Waals surface area contributed by atoms with Crippen molar-refractivity contribution in [3.05, 3.63) is 35.4 Å². The van der Waals surface area contributed by atoms with E-state index in [9.17, 15) is 4.79 Å². The van der Waals surface area contributed by atoms with Gasteiger partial charge in [0.25, 0.3) is 6.47 Å². The molecule has 22 heavy (non-hydrogen) atoms. The van der Waals surface area contributed by atoms with E-state index in [1.807, 2.05) is 12.1 Å². The smallest absolute Gasteiger partial charge is 0.293 e. The highest BCUT2D eigenvalue weighted by Crippen LogP contribution is 2.39. The summed E-state index contributed by atoms with van der Waals surface area (Å²) >= 11 is 0. The van der Waals surface area contributed by atoms with Crippen LogP contribution in [0.3, 0.4) is 0 Å². The van der Waals surface area contributed by atoms with Crippen molar-refractivity contribution in [3.8, 4) is 5.75 Å². The van der Waals surface area contributed by atoms with Crippen molar-refractivity contribution in [3.63, 3.8) is 0 Å². The number of rotatable bonds is 5. The number of hydrogen-bond acceptors (Lipinski definition) is 4. The largest absolute Gasteiger partial charge is 0.497 e. The number of carbonyl (C=O) groups is 1. The highest BCUT2D eigenvalue weighted by atomic mass is 16.5. The van der Waals surface area contributed by atoms with Gasteiger partial charge in [-0.2, -0.15) is 0 Å². The van der Waals surface area contributed by atoms with Gasteiger partial charge in [0.2, 0.25) is 0 Å². The Morgan fingerprint density at radius 3 is 2.36 bits per heavy atom. The van der Waals surface area contributed by atoms with Crippen LogP contribution in [0.2, 0.25) is 0 Å². The summed E-state index contributed by atoms with van der Waals surface area (Å²) in [6.45, 7) is 9.45. The fraction of sp³-hybridized carbons (Fsp3) is 0.500. The van der Waals surface area contributed by atoms with Crippen LogP contribution in [0.25, 0.3) is 5.57 Å². The second kappa shape index (κ2) is 6.13. The third-order valence-corrected chi connectivity index (χ3v) is 4.12. The van der Waals surface area contributed by atoms with Gasteiger partial charge in [-0.25, -0.2) is 0 Å². The molecule has 1 aromatic carbocycles. The summed E-state index contributed by atoms with van der Waals surface area (Å²) in [7, 11) is 1.66. The third-order valence-electron chi connectivity index (χ3n) is 4.12. The van der Waals surface area contributed by atoms with Gasteiger partial charge in [0, 0.05) is 11.1 Å². The van der Waals surface area contributed by atoms with Crippen molar-refractivity contribution in [1.29, 1.82) is 0 Å². The summed E-state index contributed by atoms with van der Waals surface area (Å²) in [5.74, 6) is 0.836. The Morgan fingerprint density at radius 1 is 1.18 bits per heavy atom. The van der Waals surface area contributed by atoms with Crippen molar-refractivity contribution < 1.29 is 14.3 Å². The molecule has 0 saturated carbocycles. The van der Waals surface area contributed by atoms with Crippen LogP contribution in [-0.2, 0) is 9.53 Å². The highest BCUT2D eigenvalue weighted by Gasteiger charge is 2.38. The minimum Gasteiger partial charge on any atom is -0.497 e. The van der Waals surface area contributed by atoms with Gasteiger partial charge in [-0.3, -0.25) is 4.79 Å². The van der Waals surface area contributed by atoms with Crippen molar-refractivity contribution in [2.45, 2.75) is 45.2 Å². The van der Waals surface area contributed by atoms with Gasteiger partial charge >= 0.3 is 0 Å². The normalized spacial score (nSPS) is 19.7. The number of methoxy groups -OCH3 is 1. The fourth-order valence-electron chi connectivity index (χ4n) is 3.34. The lowest BCUT2D eigenvalue weighted by atomic mass is 9.75. The van der Waals surface area contributed by atoms with Crippen LogP contribution < -0.4 is 10.1 Å². The van der Waals surface area contributed by atoms with Crippen LogP contribution in [0.5, 0.6) is 5.75 Å². The van der Waals surface area contributed by atoms with Crippen LogP contribution >= 0.6 is 0 Å². The molecule has 2 rings (SSSR count). The molecule has 120 valence electrons. The van der Waals surface area contributed by atoms with Gasteiger partial charge in [-0.05, 0) is 63.0 Å². The zero-order valence-electron chi connectivity index (χ0n) is 14.0. The Morgan fingerprint density at radius 2 is 1.82 bits per heavy atom. The maximum Gasteiger partial charge on any atom is 0.293 e. The van der Waals surface area contributed by atoms with E-state index in [0.29, 0.717) is 13.1 Å². The van der Waals surface area contributed by atoms with Gasteiger partial charge in [0.05, 0.1) is 7.11 Å². The van der Waals surface area contributed by atoms with Crippen LogP contribution in [0.1, 0.15) is 39.7 Å². The Bertz CT molecular complexity index is 570. The van der Waals surface area contributed by atoms with E-state index in [-0.39, 0.29) is 11.1 Å². The molecular formula is C18H25NO3. The maximum absolute atomic E-state index is 10.6. The van der Waals surface area contributed by atoms with E-state index in [2.05, 4.69) is 45.1 Å². The fourth-order valence-corrected chi connectivity index (χ4v) is 3.34. The molecule has 1 aliphatic rings. The number of nitrogens with one attached hydrogen (secondary N) is 1. The van der Waals surface area contributed by atoms with Gasteiger partial charge in [-0.1, -0.05) is 12.1 Å². The van der Waals surface area contributed by atoms with Crippen molar-refractivity contribution >= 4 is 12.0 Å². The van der Waals surface area contributed by atoms with Crippen LogP contribution in [0.4, 0.5) is 0 Å². The second-order valence-corrected chi connectivity index (χ2v) is 6.90. The first kappa shape index (κ1) is 16.6. The van der Waals surface area contributed by atoms with Gasteiger partial charge in [-0.15, -0.1) is 0 Å². The molecule has 0 amide bonds. The lowest BCUT2D eigenvalue weighted by molar-refractivity contribution is -0.128. The quantitative estimate of drug-likeness (QED) is 0.849.